The second kappa shape index (κ2) is 9.74. The molecule has 0 bridgehead atoms. The van der Waals surface area contributed by atoms with E-state index in [1.54, 1.807) is 13.2 Å². The molecule has 0 saturated heterocycles. The van der Waals surface area contributed by atoms with E-state index >= 15 is 0 Å². The smallest absolute Gasteiger partial charge is 0.331 e. The SMILES string of the molecule is COc1ccc2cc(/C=C/C(=O)OCC(=O)Nc3ccccc3C(C)C)ccc2c1. The summed E-state index contributed by atoms with van der Waals surface area (Å²) in [5, 5.41) is 4.89. The number of para-hydroxylation sites is 1. The van der Waals surface area contributed by atoms with Gasteiger partial charge in [0.15, 0.2) is 6.61 Å². The monoisotopic (exact) mass is 403 g/mol. The number of methoxy groups -OCH3 is 1. The zero-order chi connectivity index (χ0) is 21.5. The van der Waals surface area contributed by atoms with E-state index in [2.05, 4.69) is 19.2 Å². The number of carbonyl (C=O) groups is 2. The lowest BCUT2D eigenvalue weighted by Gasteiger charge is -2.13. The van der Waals surface area contributed by atoms with Gasteiger partial charge in [0, 0.05) is 11.8 Å². The summed E-state index contributed by atoms with van der Waals surface area (Å²) < 4.78 is 10.3. The van der Waals surface area contributed by atoms with Crippen LogP contribution in [0, 0.1) is 0 Å². The second-order valence-corrected chi connectivity index (χ2v) is 7.20. The molecule has 3 rings (SSSR count). The third kappa shape index (κ3) is 5.47. The Kier molecular flexibility index (Phi) is 6.86. The molecule has 0 atom stereocenters. The van der Waals surface area contributed by atoms with Gasteiger partial charge >= 0.3 is 5.97 Å². The molecule has 0 unspecified atom stereocenters. The van der Waals surface area contributed by atoms with Crippen LogP contribution in [-0.2, 0) is 14.3 Å². The maximum Gasteiger partial charge on any atom is 0.331 e. The number of carbonyl (C=O) groups excluding carboxylic acids is 2. The minimum Gasteiger partial charge on any atom is -0.497 e. The fourth-order valence-corrected chi connectivity index (χ4v) is 3.12. The van der Waals surface area contributed by atoms with Gasteiger partial charge in [-0.15, -0.1) is 0 Å². The van der Waals surface area contributed by atoms with Crippen molar-refractivity contribution in [2.24, 2.45) is 0 Å². The molecule has 0 aliphatic rings. The van der Waals surface area contributed by atoms with E-state index in [9.17, 15) is 9.59 Å². The van der Waals surface area contributed by atoms with E-state index in [0.717, 1.165) is 33.3 Å². The van der Waals surface area contributed by atoms with Crippen LogP contribution in [0.15, 0.2) is 66.7 Å². The molecule has 1 amide bonds. The highest BCUT2D eigenvalue weighted by molar-refractivity contribution is 5.95. The number of benzene rings is 3. The van der Waals surface area contributed by atoms with Crippen LogP contribution >= 0.6 is 0 Å². The van der Waals surface area contributed by atoms with Crippen LogP contribution in [0.2, 0.25) is 0 Å². The van der Waals surface area contributed by atoms with Crippen molar-refractivity contribution >= 4 is 34.4 Å². The summed E-state index contributed by atoms with van der Waals surface area (Å²) >= 11 is 0. The summed E-state index contributed by atoms with van der Waals surface area (Å²) in [4.78, 5) is 24.1. The molecule has 0 aliphatic heterocycles. The van der Waals surface area contributed by atoms with Crippen LogP contribution in [0.25, 0.3) is 16.8 Å². The Morgan fingerprint density at radius 2 is 1.73 bits per heavy atom. The van der Waals surface area contributed by atoms with Crippen LogP contribution in [0.4, 0.5) is 5.69 Å². The van der Waals surface area contributed by atoms with Crippen LogP contribution in [-0.4, -0.2) is 25.6 Å². The van der Waals surface area contributed by atoms with E-state index in [0.29, 0.717) is 0 Å². The van der Waals surface area contributed by atoms with E-state index in [1.165, 1.54) is 6.08 Å². The minimum absolute atomic E-state index is 0.273. The lowest BCUT2D eigenvalue weighted by Crippen LogP contribution is -2.21. The van der Waals surface area contributed by atoms with Crippen LogP contribution in [0.1, 0.15) is 30.9 Å². The summed E-state index contributed by atoms with van der Waals surface area (Å²) in [7, 11) is 1.63. The first-order valence-corrected chi connectivity index (χ1v) is 9.77. The number of hydrogen-bond donors (Lipinski definition) is 1. The molecule has 1 N–H and O–H groups in total. The maximum absolute atomic E-state index is 12.1. The van der Waals surface area contributed by atoms with E-state index in [1.807, 2.05) is 60.7 Å². The van der Waals surface area contributed by atoms with Gasteiger partial charge in [0.1, 0.15) is 5.75 Å². The first-order valence-electron chi connectivity index (χ1n) is 9.77. The molecule has 3 aromatic rings. The summed E-state index contributed by atoms with van der Waals surface area (Å²) in [6.07, 6.45) is 2.98. The Morgan fingerprint density at radius 1 is 1.00 bits per heavy atom. The second-order valence-electron chi connectivity index (χ2n) is 7.20. The van der Waals surface area contributed by atoms with Crippen molar-refractivity contribution < 1.29 is 19.1 Å². The summed E-state index contributed by atoms with van der Waals surface area (Å²) in [5.74, 6) is 0.125. The maximum atomic E-state index is 12.1. The third-order valence-electron chi connectivity index (χ3n) is 4.69. The standard InChI is InChI=1S/C25H25NO4/c1-17(2)22-6-4-5-7-23(22)26-24(27)16-30-25(28)13-9-18-8-10-20-15-21(29-3)12-11-19(20)14-18/h4-15,17H,16H2,1-3H3,(H,26,27)/b13-9+. The zero-order valence-corrected chi connectivity index (χ0v) is 17.3. The lowest BCUT2D eigenvalue weighted by molar-refractivity contribution is -0.142. The lowest BCUT2D eigenvalue weighted by atomic mass is 10.0. The Hall–Kier alpha value is -3.60. The Labute approximate surface area is 176 Å². The largest absolute Gasteiger partial charge is 0.497 e. The number of fused-ring (bicyclic) bond motifs is 1. The number of amides is 1. The average molecular weight is 403 g/mol. The predicted octanol–water partition coefficient (Wildman–Crippen LogP) is 5.17. The molecule has 0 aliphatic carbocycles. The molecule has 3 aromatic carbocycles. The highest BCUT2D eigenvalue weighted by Crippen LogP contribution is 2.24. The van der Waals surface area contributed by atoms with Crippen molar-refractivity contribution in [3.8, 4) is 5.75 Å². The third-order valence-corrected chi connectivity index (χ3v) is 4.69. The van der Waals surface area contributed by atoms with Crippen molar-refractivity contribution in [1.29, 1.82) is 0 Å². The van der Waals surface area contributed by atoms with Gasteiger partial charge in [-0.2, -0.15) is 0 Å². The summed E-state index contributed by atoms with van der Waals surface area (Å²) in [5.41, 5.74) is 2.63. The van der Waals surface area contributed by atoms with Gasteiger partial charge in [-0.3, -0.25) is 4.79 Å². The number of anilines is 1. The first-order chi connectivity index (χ1) is 14.5. The Morgan fingerprint density at radius 3 is 2.50 bits per heavy atom. The van der Waals surface area contributed by atoms with Crippen molar-refractivity contribution in [1.82, 2.24) is 0 Å². The van der Waals surface area contributed by atoms with Crippen LogP contribution < -0.4 is 10.1 Å². The quantitative estimate of drug-likeness (QED) is 0.437. The Balaban J connectivity index is 1.56. The fraction of sp³-hybridized carbons (Fsp3) is 0.200. The topological polar surface area (TPSA) is 64.6 Å². The molecule has 5 heteroatoms. The molecule has 0 aromatic heterocycles. The molecule has 0 spiro atoms. The van der Waals surface area contributed by atoms with Crippen molar-refractivity contribution in [2.45, 2.75) is 19.8 Å². The van der Waals surface area contributed by atoms with Gasteiger partial charge in [-0.25, -0.2) is 4.79 Å². The molecular formula is C25H25NO4. The highest BCUT2D eigenvalue weighted by atomic mass is 16.5. The van der Waals surface area contributed by atoms with Gasteiger partial charge in [0.2, 0.25) is 0 Å². The molecule has 5 nitrogen and oxygen atoms in total. The van der Waals surface area contributed by atoms with Gasteiger partial charge < -0.3 is 14.8 Å². The molecule has 0 radical (unpaired) electrons. The van der Waals surface area contributed by atoms with Crippen LogP contribution in [0.5, 0.6) is 5.75 Å². The molecule has 0 heterocycles. The predicted molar refractivity (Wildman–Crippen MR) is 120 cm³/mol. The molecular weight excluding hydrogens is 378 g/mol. The number of rotatable bonds is 7. The number of nitrogens with one attached hydrogen (secondary N) is 1. The molecule has 0 fully saturated rings. The first kappa shape index (κ1) is 21.1. The molecule has 30 heavy (non-hydrogen) atoms. The highest BCUT2D eigenvalue weighted by Gasteiger charge is 2.10. The van der Waals surface area contributed by atoms with Gasteiger partial charge in [-0.1, -0.05) is 50.2 Å². The van der Waals surface area contributed by atoms with E-state index in [-0.39, 0.29) is 18.4 Å². The van der Waals surface area contributed by atoms with Gasteiger partial charge in [-0.05, 0) is 58.2 Å². The number of esters is 1. The van der Waals surface area contributed by atoms with Crippen molar-refractivity contribution in [2.75, 3.05) is 19.0 Å². The summed E-state index contributed by atoms with van der Waals surface area (Å²) in [6, 6.07) is 19.2. The van der Waals surface area contributed by atoms with Crippen molar-refractivity contribution in [3.63, 3.8) is 0 Å². The van der Waals surface area contributed by atoms with E-state index < -0.39 is 5.97 Å². The fourth-order valence-electron chi connectivity index (χ4n) is 3.12. The Bertz CT molecular complexity index is 1090. The normalized spacial score (nSPS) is 11.1. The van der Waals surface area contributed by atoms with Gasteiger partial charge in [0.25, 0.3) is 5.91 Å². The molecule has 0 saturated carbocycles. The number of hydrogen-bond acceptors (Lipinski definition) is 4. The van der Waals surface area contributed by atoms with E-state index in [4.69, 9.17) is 9.47 Å². The van der Waals surface area contributed by atoms with Crippen molar-refractivity contribution in [3.05, 3.63) is 77.9 Å². The molecule has 154 valence electrons. The zero-order valence-electron chi connectivity index (χ0n) is 17.3. The number of ether oxygens (including phenoxy) is 2. The summed E-state index contributed by atoms with van der Waals surface area (Å²) in [6.45, 7) is 3.77. The van der Waals surface area contributed by atoms with Crippen LogP contribution in [0.3, 0.4) is 0 Å². The average Bonchev–Trinajstić information content (AvgIpc) is 2.76. The van der Waals surface area contributed by atoms with Gasteiger partial charge in [0.05, 0.1) is 7.11 Å². The minimum atomic E-state index is -0.572.